The molecule has 0 amide bonds. The summed E-state index contributed by atoms with van der Waals surface area (Å²) in [7, 11) is 0. The van der Waals surface area contributed by atoms with Crippen molar-refractivity contribution in [3.63, 3.8) is 0 Å². The Morgan fingerprint density at radius 1 is 0.407 bits per heavy atom. The van der Waals surface area contributed by atoms with Gasteiger partial charge in [-0.15, -0.1) is 0 Å². The molecule has 0 unspecified atom stereocenters. The number of nitrogens with zero attached hydrogens (tertiary/aromatic N) is 2. The van der Waals surface area contributed by atoms with Crippen LogP contribution in [0.25, 0.3) is 0 Å². The van der Waals surface area contributed by atoms with Crippen LogP contribution in [0.1, 0.15) is 0 Å². The van der Waals surface area contributed by atoms with Crippen molar-refractivity contribution in [3.05, 3.63) is 115 Å². The molecule has 0 fully saturated rings. The summed E-state index contributed by atoms with van der Waals surface area (Å²) < 4.78 is 15.3. The SMILES string of the molecule is FN(c1ccccc1)c1ccccc1N(c1ccccc1)c1ccccc1. The van der Waals surface area contributed by atoms with Crippen molar-refractivity contribution >= 4 is 28.4 Å². The highest BCUT2D eigenvalue weighted by atomic mass is 19.2. The smallest absolute Gasteiger partial charge is 0.0987 e. The van der Waals surface area contributed by atoms with E-state index in [4.69, 9.17) is 0 Å². The number of halogens is 1. The van der Waals surface area contributed by atoms with Crippen molar-refractivity contribution in [2.75, 3.05) is 10.0 Å². The number of rotatable bonds is 5. The lowest BCUT2D eigenvalue weighted by atomic mass is 10.1. The average molecular weight is 354 g/mol. The minimum absolute atomic E-state index is 0.483. The Morgan fingerprint density at radius 3 is 1.26 bits per heavy atom. The van der Waals surface area contributed by atoms with Crippen molar-refractivity contribution < 1.29 is 4.48 Å². The Morgan fingerprint density at radius 2 is 0.778 bits per heavy atom. The van der Waals surface area contributed by atoms with Crippen molar-refractivity contribution in [2.45, 2.75) is 0 Å². The first-order chi connectivity index (χ1) is 13.3. The van der Waals surface area contributed by atoms with Crippen LogP contribution in [0.15, 0.2) is 115 Å². The second-order valence-electron chi connectivity index (χ2n) is 6.11. The molecule has 27 heavy (non-hydrogen) atoms. The molecule has 0 bridgehead atoms. The monoisotopic (exact) mass is 354 g/mol. The number of para-hydroxylation sites is 5. The Kier molecular flexibility index (Phi) is 4.84. The first kappa shape index (κ1) is 16.9. The summed E-state index contributed by atoms with van der Waals surface area (Å²) in [5.74, 6) is 0. The first-order valence-electron chi connectivity index (χ1n) is 8.85. The molecule has 0 radical (unpaired) electrons. The zero-order chi connectivity index (χ0) is 18.5. The summed E-state index contributed by atoms with van der Waals surface area (Å²) in [6, 6.07) is 36.5. The number of hydrogen-bond donors (Lipinski definition) is 0. The van der Waals surface area contributed by atoms with Gasteiger partial charge in [-0.1, -0.05) is 71.2 Å². The maximum Gasteiger partial charge on any atom is 0.0987 e. The van der Waals surface area contributed by atoms with Crippen LogP contribution in [0.2, 0.25) is 0 Å². The molecular weight excluding hydrogens is 335 g/mol. The largest absolute Gasteiger partial charge is 0.308 e. The van der Waals surface area contributed by atoms with Gasteiger partial charge >= 0.3 is 0 Å². The zero-order valence-corrected chi connectivity index (χ0v) is 14.7. The van der Waals surface area contributed by atoms with Gasteiger partial charge in [0.2, 0.25) is 0 Å². The fourth-order valence-corrected chi connectivity index (χ4v) is 3.10. The Bertz CT molecular complexity index is 949. The van der Waals surface area contributed by atoms with Crippen molar-refractivity contribution in [3.8, 4) is 0 Å². The predicted octanol–water partition coefficient (Wildman–Crippen LogP) is 7.18. The summed E-state index contributed by atoms with van der Waals surface area (Å²) in [5.41, 5.74) is 3.68. The van der Waals surface area contributed by atoms with Crippen molar-refractivity contribution in [2.24, 2.45) is 0 Å². The van der Waals surface area contributed by atoms with Gasteiger partial charge in [-0.25, -0.2) is 0 Å². The van der Waals surface area contributed by atoms with Gasteiger partial charge in [0.25, 0.3) is 0 Å². The first-order valence-corrected chi connectivity index (χ1v) is 8.85. The van der Waals surface area contributed by atoms with Gasteiger partial charge in [0, 0.05) is 11.4 Å². The van der Waals surface area contributed by atoms with Gasteiger partial charge < -0.3 is 4.90 Å². The molecule has 0 aliphatic rings. The normalized spacial score (nSPS) is 10.4. The second kappa shape index (κ2) is 7.75. The summed E-state index contributed by atoms with van der Waals surface area (Å²) in [5, 5.41) is 0.730. The Hall–Kier alpha value is -3.59. The highest BCUT2D eigenvalue weighted by Crippen LogP contribution is 2.42. The van der Waals surface area contributed by atoms with Gasteiger partial charge in [-0.2, -0.15) is 5.12 Å². The molecule has 0 atom stereocenters. The highest BCUT2D eigenvalue weighted by molar-refractivity contribution is 5.86. The standard InChI is InChI=1S/C24H19FN2/c25-27(22-16-8-3-9-17-22)24-19-11-10-18-23(24)26(20-12-4-1-5-13-20)21-14-6-2-7-15-21/h1-19H. The van der Waals surface area contributed by atoms with Crippen LogP contribution >= 0.6 is 0 Å². The van der Waals surface area contributed by atoms with Crippen LogP contribution in [-0.2, 0) is 0 Å². The molecule has 4 aromatic rings. The topological polar surface area (TPSA) is 6.48 Å². The fraction of sp³-hybridized carbons (Fsp3) is 0. The molecule has 2 nitrogen and oxygen atoms in total. The molecule has 0 aliphatic heterocycles. The molecule has 0 aliphatic carbocycles. The average Bonchev–Trinajstić information content (AvgIpc) is 2.76. The van der Waals surface area contributed by atoms with Gasteiger partial charge in [0.15, 0.2) is 0 Å². The molecule has 0 N–H and O–H groups in total. The minimum atomic E-state index is 0.483. The van der Waals surface area contributed by atoms with Crippen LogP contribution in [0, 0.1) is 0 Å². The van der Waals surface area contributed by atoms with E-state index < -0.39 is 0 Å². The molecular formula is C24H19FN2. The maximum atomic E-state index is 15.3. The molecule has 0 heterocycles. The molecule has 0 spiro atoms. The molecule has 4 rings (SSSR count). The van der Waals surface area contributed by atoms with Crippen molar-refractivity contribution in [1.82, 2.24) is 0 Å². The van der Waals surface area contributed by atoms with E-state index in [1.54, 1.807) is 18.2 Å². The summed E-state index contributed by atoms with van der Waals surface area (Å²) in [6.45, 7) is 0. The lowest BCUT2D eigenvalue weighted by Crippen LogP contribution is -2.14. The van der Waals surface area contributed by atoms with E-state index in [0.717, 1.165) is 22.2 Å². The molecule has 4 aromatic carbocycles. The number of benzene rings is 4. The van der Waals surface area contributed by atoms with Gasteiger partial charge in [-0.3, -0.25) is 0 Å². The zero-order valence-electron chi connectivity index (χ0n) is 14.7. The van der Waals surface area contributed by atoms with E-state index in [2.05, 4.69) is 4.90 Å². The second-order valence-corrected chi connectivity index (χ2v) is 6.11. The van der Waals surface area contributed by atoms with Crippen molar-refractivity contribution in [1.29, 1.82) is 0 Å². The molecule has 0 aromatic heterocycles. The third-order valence-electron chi connectivity index (χ3n) is 4.35. The summed E-state index contributed by atoms with van der Waals surface area (Å²) in [6.07, 6.45) is 0. The van der Waals surface area contributed by atoms with Crippen LogP contribution in [-0.4, -0.2) is 0 Å². The van der Waals surface area contributed by atoms with Gasteiger partial charge in [-0.05, 0) is 48.5 Å². The van der Waals surface area contributed by atoms with E-state index in [0.29, 0.717) is 11.4 Å². The molecule has 132 valence electrons. The lowest BCUT2D eigenvalue weighted by molar-refractivity contribution is 0.505. The maximum absolute atomic E-state index is 15.3. The van der Waals surface area contributed by atoms with E-state index in [-0.39, 0.29) is 0 Å². The molecule has 3 heteroatoms. The van der Waals surface area contributed by atoms with E-state index in [1.807, 2.05) is 97.1 Å². The van der Waals surface area contributed by atoms with E-state index in [1.165, 1.54) is 0 Å². The fourth-order valence-electron chi connectivity index (χ4n) is 3.10. The third-order valence-corrected chi connectivity index (χ3v) is 4.35. The minimum Gasteiger partial charge on any atom is -0.308 e. The summed E-state index contributed by atoms with van der Waals surface area (Å²) in [4.78, 5) is 2.06. The van der Waals surface area contributed by atoms with Crippen LogP contribution in [0.3, 0.4) is 0 Å². The Balaban J connectivity index is 1.87. The third kappa shape index (κ3) is 3.53. The molecule has 0 saturated heterocycles. The number of hydrogen-bond acceptors (Lipinski definition) is 2. The van der Waals surface area contributed by atoms with E-state index in [9.17, 15) is 0 Å². The number of anilines is 5. The van der Waals surface area contributed by atoms with Crippen LogP contribution in [0.5, 0.6) is 0 Å². The lowest BCUT2D eigenvalue weighted by Gasteiger charge is -2.29. The summed E-state index contributed by atoms with van der Waals surface area (Å²) >= 11 is 0. The predicted molar refractivity (Wildman–Crippen MR) is 111 cm³/mol. The molecule has 0 saturated carbocycles. The quantitative estimate of drug-likeness (QED) is 0.350. The highest BCUT2D eigenvalue weighted by Gasteiger charge is 2.19. The van der Waals surface area contributed by atoms with Gasteiger partial charge in [0.1, 0.15) is 0 Å². The van der Waals surface area contributed by atoms with E-state index >= 15 is 4.48 Å². The Labute approximate surface area is 158 Å². The van der Waals surface area contributed by atoms with Gasteiger partial charge in [0.05, 0.1) is 17.1 Å². The van der Waals surface area contributed by atoms with Crippen LogP contribution in [0.4, 0.5) is 32.9 Å². The van der Waals surface area contributed by atoms with Crippen LogP contribution < -0.4 is 10.0 Å².